The first kappa shape index (κ1) is 15.3. The first-order valence-corrected chi connectivity index (χ1v) is 7.43. The standard InChI is InChI=1S/C16H28O2/c1-3-4-5-6-7-8-9-10-13-16(2,17)15-12-11-14-18-15/h11-12,14,17H,3-10,13H2,1-2H3. The fraction of sp³-hybridized carbons (Fsp3) is 0.750. The van der Waals surface area contributed by atoms with E-state index >= 15 is 0 Å². The van der Waals surface area contributed by atoms with Gasteiger partial charge >= 0.3 is 0 Å². The molecule has 0 aromatic carbocycles. The first-order chi connectivity index (χ1) is 8.67. The molecule has 0 bridgehead atoms. The van der Waals surface area contributed by atoms with Crippen LogP contribution in [0.5, 0.6) is 0 Å². The van der Waals surface area contributed by atoms with Crippen LogP contribution in [0, 0.1) is 0 Å². The molecular formula is C16H28O2. The normalized spacial score (nSPS) is 14.6. The van der Waals surface area contributed by atoms with Crippen molar-refractivity contribution in [2.45, 2.75) is 77.2 Å². The van der Waals surface area contributed by atoms with Crippen molar-refractivity contribution < 1.29 is 9.52 Å². The van der Waals surface area contributed by atoms with Crippen LogP contribution in [0.15, 0.2) is 22.8 Å². The van der Waals surface area contributed by atoms with Crippen LogP contribution in [0.25, 0.3) is 0 Å². The van der Waals surface area contributed by atoms with E-state index < -0.39 is 5.60 Å². The highest BCUT2D eigenvalue weighted by molar-refractivity contribution is 5.07. The number of hydrogen-bond donors (Lipinski definition) is 1. The van der Waals surface area contributed by atoms with Gasteiger partial charge < -0.3 is 9.52 Å². The number of aliphatic hydroxyl groups is 1. The molecule has 1 heterocycles. The summed E-state index contributed by atoms with van der Waals surface area (Å²) in [5, 5.41) is 10.3. The molecule has 2 nitrogen and oxygen atoms in total. The second-order valence-corrected chi connectivity index (χ2v) is 5.48. The van der Waals surface area contributed by atoms with E-state index in [1.807, 2.05) is 19.1 Å². The lowest BCUT2D eigenvalue weighted by molar-refractivity contribution is 0.0227. The van der Waals surface area contributed by atoms with Gasteiger partial charge in [-0.15, -0.1) is 0 Å². The smallest absolute Gasteiger partial charge is 0.135 e. The monoisotopic (exact) mass is 252 g/mol. The Labute approximate surface area is 111 Å². The zero-order valence-electron chi connectivity index (χ0n) is 12.0. The maximum Gasteiger partial charge on any atom is 0.135 e. The number of rotatable bonds is 10. The maximum atomic E-state index is 10.3. The predicted molar refractivity (Wildman–Crippen MR) is 75.5 cm³/mol. The van der Waals surface area contributed by atoms with Crippen molar-refractivity contribution in [3.05, 3.63) is 24.2 Å². The Bertz CT molecular complexity index is 288. The highest BCUT2D eigenvalue weighted by atomic mass is 16.4. The Hall–Kier alpha value is -0.760. The average molecular weight is 252 g/mol. The molecule has 0 aliphatic carbocycles. The van der Waals surface area contributed by atoms with Gasteiger partial charge in [0.05, 0.1) is 6.26 Å². The van der Waals surface area contributed by atoms with Gasteiger partial charge in [0.25, 0.3) is 0 Å². The van der Waals surface area contributed by atoms with E-state index in [1.54, 1.807) is 6.26 Å². The molecule has 2 heteroatoms. The van der Waals surface area contributed by atoms with Gasteiger partial charge in [-0.05, 0) is 25.5 Å². The second-order valence-electron chi connectivity index (χ2n) is 5.48. The molecule has 0 amide bonds. The molecule has 0 aliphatic rings. The summed E-state index contributed by atoms with van der Waals surface area (Å²) in [6.07, 6.45) is 12.7. The summed E-state index contributed by atoms with van der Waals surface area (Å²) in [4.78, 5) is 0. The third-order valence-electron chi connectivity index (χ3n) is 3.57. The van der Waals surface area contributed by atoms with E-state index in [2.05, 4.69) is 6.92 Å². The topological polar surface area (TPSA) is 33.4 Å². The van der Waals surface area contributed by atoms with Crippen molar-refractivity contribution in [3.8, 4) is 0 Å². The molecule has 0 aliphatic heterocycles. The molecule has 0 radical (unpaired) electrons. The Morgan fingerprint density at radius 1 is 1.06 bits per heavy atom. The highest BCUT2D eigenvalue weighted by Crippen LogP contribution is 2.27. The Morgan fingerprint density at radius 3 is 2.22 bits per heavy atom. The van der Waals surface area contributed by atoms with Crippen molar-refractivity contribution in [2.75, 3.05) is 0 Å². The zero-order chi connectivity index (χ0) is 13.3. The van der Waals surface area contributed by atoms with E-state index in [0.29, 0.717) is 5.76 Å². The average Bonchev–Trinajstić information content (AvgIpc) is 2.87. The summed E-state index contributed by atoms with van der Waals surface area (Å²) in [5.41, 5.74) is -0.800. The third kappa shape index (κ3) is 5.72. The van der Waals surface area contributed by atoms with E-state index in [9.17, 15) is 5.11 Å². The molecule has 104 valence electrons. The van der Waals surface area contributed by atoms with E-state index in [1.165, 1.54) is 44.9 Å². The minimum Gasteiger partial charge on any atom is -0.466 e. The Morgan fingerprint density at radius 2 is 1.67 bits per heavy atom. The molecular weight excluding hydrogens is 224 g/mol. The van der Waals surface area contributed by atoms with Crippen molar-refractivity contribution in [1.82, 2.24) is 0 Å². The fourth-order valence-corrected chi connectivity index (χ4v) is 2.31. The predicted octanol–water partition coefficient (Wildman–Crippen LogP) is 5.02. The van der Waals surface area contributed by atoms with Crippen LogP contribution in [-0.2, 0) is 5.60 Å². The van der Waals surface area contributed by atoms with Crippen LogP contribution in [0.3, 0.4) is 0 Å². The highest BCUT2D eigenvalue weighted by Gasteiger charge is 2.25. The van der Waals surface area contributed by atoms with E-state index in [-0.39, 0.29) is 0 Å². The maximum absolute atomic E-state index is 10.3. The lowest BCUT2D eigenvalue weighted by atomic mass is 9.95. The minimum absolute atomic E-state index is 0.686. The molecule has 1 unspecified atom stereocenters. The molecule has 0 fully saturated rings. The van der Waals surface area contributed by atoms with Crippen LogP contribution in [0.2, 0.25) is 0 Å². The van der Waals surface area contributed by atoms with Crippen molar-refractivity contribution in [2.24, 2.45) is 0 Å². The zero-order valence-corrected chi connectivity index (χ0v) is 12.0. The summed E-state index contributed by atoms with van der Waals surface area (Å²) in [6.45, 7) is 4.09. The fourth-order valence-electron chi connectivity index (χ4n) is 2.31. The number of hydrogen-bond acceptors (Lipinski definition) is 2. The molecule has 1 rings (SSSR count). The molecule has 0 saturated carbocycles. The number of furan rings is 1. The lowest BCUT2D eigenvalue weighted by Crippen LogP contribution is -2.19. The largest absolute Gasteiger partial charge is 0.466 e. The van der Waals surface area contributed by atoms with E-state index in [0.717, 1.165) is 12.8 Å². The quantitative estimate of drug-likeness (QED) is 0.593. The Balaban J connectivity index is 2.04. The molecule has 1 aromatic heterocycles. The van der Waals surface area contributed by atoms with Gasteiger partial charge in [0, 0.05) is 0 Å². The van der Waals surface area contributed by atoms with E-state index in [4.69, 9.17) is 4.42 Å². The van der Waals surface area contributed by atoms with Gasteiger partial charge in [0.15, 0.2) is 0 Å². The lowest BCUT2D eigenvalue weighted by Gasteiger charge is -2.20. The van der Waals surface area contributed by atoms with Crippen molar-refractivity contribution in [1.29, 1.82) is 0 Å². The van der Waals surface area contributed by atoms with Gasteiger partial charge in [-0.3, -0.25) is 0 Å². The summed E-state index contributed by atoms with van der Waals surface area (Å²) >= 11 is 0. The van der Waals surface area contributed by atoms with Gasteiger partial charge in [0.1, 0.15) is 11.4 Å². The molecule has 0 spiro atoms. The molecule has 18 heavy (non-hydrogen) atoms. The molecule has 1 atom stereocenters. The molecule has 1 N–H and O–H groups in total. The van der Waals surface area contributed by atoms with Crippen LogP contribution >= 0.6 is 0 Å². The Kier molecular flexibility index (Phi) is 7.11. The van der Waals surface area contributed by atoms with Crippen LogP contribution in [-0.4, -0.2) is 5.11 Å². The van der Waals surface area contributed by atoms with Crippen LogP contribution in [0.1, 0.15) is 77.4 Å². The summed E-state index contributed by atoms with van der Waals surface area (Å²) in [6, 6.07) is 3.68. The summed E-state index contributed by atoms with van der Waals surface area (Å²) in [7, 11) is 0. The SMILES string of the molecule is CCCCCCCCCCC(C)(O)c1ccco1. The van der Waals surface area contributed by atoms with Gasteiger partial charge in [-0.2, -0.15) is 0 Å². The summed E-state index contributed by atoms with van der Waals surface area (Å²) < 4.78 is 5.27. The third-order valence-corrected chi connectivity index (χ3v) is 3.57. The van der Waals surface area contributed by atoms with Gasteiger partial charge in [0.2, 0.25) is 0 Å². The molecule has 1 aromatic rings. The minimum atomic E-state index is -0.800. The van der Waals surface area contributed by atoms with Gasteiger partial charge in [-0.1, -0.05) is 58.3 Å². The number of unbranched alkanes of at least 4 members (excludes halogenated alkanes) is 7. The van der Waals surface area contributed by atoms with Crippen LogP contribution < -0.4 is 0 Å². The second kappa shape index (κ2) is 8.36. The molecule has 0 saturated heterocycles. The summed E-state index contributed by atoms with van der Waals surface area (Å²) in [5.74, 6) is 0.686. The van der Waals surface area contributed by atoms with Gasteiger partial charge in [-0.25, -0.2) is 0 Å². The van der Waals surface area contributed by atoms with Crippen molar-refractivity contribution >= 4 is 0 Å². The first-order valence-electron chi connectivity index (χ1n) is 7.43. The van der Waals surface area contributed by atoms with Crippen LogP contribution in [0.4, 0.5) is 0 Å². The van der Waals surface area contributed by atoms with Crippen molar-refractivity contribution in [3.63, 3.8) is 0 Å².